The number of para-hydroxylation sites is 1. The average molecular weight is 499 g/mol. The highest BCUT2D eigenvalue weighted by Gasteiger charge is 2.25. The fourth-order valence-electron chi connectivity index (χ4n) is 6.36. The summed E-state index contributed by atoms with van der Waals surface area (Å²) in [5.74, 6) is 4.43. The van der Waals surface area contributed by atoms with Crippen LogP contribution in [0.3, 0.4) is 0 Å². The highest BCUT2D eigenvalue weighted by Crippen LogP contribution is 2.34. The zero-order chi connectivity index (χ0) is 25.8. The Morgan fingerprint density at radius 1 is 0.919 bits per heavy atom. The van der Waals surface area contributed by atoms with Gasteiger partial charge in [-0.25, -0.2) is 9.97 Å². The van der Waals surface area contributed by atoms with E-state index in [2.05, 4.69) is 79.8 Å². The van der Waals surface area contributed by atoms with Gasteiger partial charge in [0, 0.05) is 38.4 Å². The van der Waals surface area contributed by atoms with Gasteiger partial charge in [-0.15, -0.1) is 0 Å². The van der Waals surface area contributed by atoms with Gasteiger partial charge in [0.05, 0.1) is 5.52 Å². The Hall–Kier alpha value is -2.95. The van der Waals surface area contributed by atoms with Crippen molar-refractivity contribution in [1.82, 2.24) is 15.3 Å². The van der Waals surface area contributed by atoms with E-state index in [1.54, 1.807) is 0 Å². The summed E-state index contributed by atoms with van der Waals surface area (Å²) in [6.07, 6.45) is 10.1. The molecule has 1 heterocycles. The van der Waals surface area contributed by atoms with Gasteiger partial charge in [-0.05, 0) is 79.5 Å². The lowest BCUT2D eigenvalue weighted by Gasteiger charge is -2.29. The maximum atomic E-state index is 12.6. The number of rotatable bonds is 9. The van der Waals surface area contributed by atoms with Crippen LogP contribution in [0.25, 0.3) is 10.9 Å². The van der Waals surface area contributed by atoms with E-state index in [0.717, 1.165) is 54.3 Å². The zero-order valence-electron chi connectivity index (χ0n) is 22.7. The van der Waals surface area contributed by atoms with Crippen LogP contribution in [0.2, 0.25) is 0 Å². The van der Waals surface area contributed by atoms with Gasteiger partial charge in [0.25, 0.3) is 0 Å². The Morgan fingerprint density at radius 2 is 1.57 bits per heavy atom. The highest BCUT2D eigenvalue weighted by molar-refractivity contribution is 5.89. The second-order valence-electron chi connectivity index (χ2n) is 11.7. The number of benzene rings is 2. The Labute approximate surface area is 222 Å². The first-order chi connectivity index (χ1) is 18.0. The number of fused-ring (bicyclic) bond motifs is 2. The highest BCUT2D eigenvalue weighted by atomic mass is 16.1. The molecule has 5 heteroatoms. The smallest absolute Gasteiger partial charge is 0.220 e. The van der Waals surface area contributed by atoms with Crippen molar-refractivity contribution in [2.75, 3.05) is 25.5 Å². The Morgan fingerprint density at radius 3 is 2.27 bits per heavy atom. The molecule has 1 N–H and O–H groups in total. The Balaban J connectivity index is 1.04. The molecule has 5 nitrogen and oxygen atoms in total. The predicted octanol–water partition coefficient (Wildman–Crippen LogP) is 6.31. The monoisotopic (exact) mass is 498 g/mol. The normalized spacial score (nSPS) is 20.5. The molecule has 1 unspecified atom stereocenters. The Kier molecular flexibility index (Phi) is 8.07. The van der Waals surface area contributed by atoms with Crippen LogP contribution in [0.15, 0.2) is 48.5 Å². The predicted molar refractivity (Wildman–Crippen MR) is 152 cm³/mol. The molecular formula is C32H42N4O. The molecule has 0 radical (unpaired) electrons. The maximum absolute atomic E-state index is 12.6. The summed E-state index contributed by atoms with van der Waals surface area (Å²) in [5.41, 5.74) is 3.89. The third kappa shape index (κ3) is 6.31. The molecule has 0 bridgehead atoms. The van der Waals surface area contributed by atoms with E-state index in [4.69, 9.17) is 9.97 Å². The third-order valence-corrected chi connectivity index (χ3v) is 8.64. The van der Waals surface area contributed by atoms with Gasteiger partial charge in [0.15, 0.2) is 0 Å². The molecule has 1 atom stereocenters. The van der Waals surface area contributed by atoms with E-state index in [-0.39, 0.29) is 5.91 Å². The minimum atomic E-state index is 0.237. The van der Waals surface area contributed by atoms with Crippen LogP contribution >= 0.6 is 0 Å². The topological polar surface area (TPSA) is 58.1 Å². The van der Waals surface area contributed by atoms with Gasteiger partial charge < -0.3 is 10.2 Å². The summed E-state index contributed by atoms with van der Waals surface area (Å²) in [4.78, 5) is 24.5. The van der Waals surface area contributed by atoms with Crippen molar-refractivity contribution in [2.24, 2.45) is 17.8 Å². The van der Waals surface area contributed by atoms with Gasteiger partial charge in [-0.3, -0.25) is 4.79 Å². The fourth-order valence-corrected chi connectivity index (χ4v) is 6.36. The minimum Gasteiger partial charge on any atom is -0.362 e. The Bertz CT molecular complexity index is 1190. The van der Waals surface area contributed by atoms with Crippen molar-refractivity contribution < 1.29 is 4.79 Å². The van der Waals surface area contributed by atoms with E-state index in [0.29, 0.717) is 24.2 Å². The van der Waals surface area contributed by atoms with E-state index >= 15 is 0 Å². The molecule has 196 valence electrons. The van der Waals surface area contributed by atoms with Crippen molar-refractivity contribution in [3.63, 3.8) is 0 Å². The van der Waals surface area contributed by atoms with Crippen LogP contribution in [0.4, 0.5) is 5.82 Å². The summed E-state index contributed by atoms with van der Waals surface area (Å²) in [5, 5.41) is 4.38. The molecule has 1 saturated carbocycles. The number of nitrogens with zero attached hydrogens (tertiary/aromatic N) is 3. The molecule has 1 amide bonds. The van der Waals surface area contributed by atoms with Crippen LogP contribution in [0.5, 0.6) is 0 Å². The van der Waals surface area contributed by atoms with Crippen molar-refractivity contribution in [3.05, 3.63) is 65.5 Å². The lowest BCUT2D eigenvalue weighted by Crippen LogP contribution is -2.32. The largest absolute Gasteiger partial charge is 0.362 e. The van der Waals surface area contributed by atoms with Gasteiger partial charge in [-0.2, -0.15) is 0 Å². The second-order valence-corrected chi connectivity index (χ2v) is 11.7. The van der Waals surface area contributed by atoms with Crippen LogP contribution in [-0.2, 0) is 17.6 Å². The van der Waals surface area contributed by atoms with Crippen LogP contribution in [-0.4, -0.2) is 36.5 Å². The summed E-state index contributed by atoms with van der Waals surface area (Å²) in [7, 11) is 4.11. The number of nitrogens with one attached hydrogen (secondary N) is 1. The first kappa shape index (κ1) is 25.7. The average Bonchev–Trinajstić information content (AvgIpc) is 3.32. The molecule has 1 fully saturated rings. The number of hydrogen-bond donors (Lipinski definition) is 1. The molecular weight excluding hydrogens is 456 g/mol. The SMILES string of the molecule is CC(CCC1CCC(CNC(=O)CC2Cc3ccccc3C2)CC1)c1nc(N(C)C)c2ccccc2n1. The van der Waals surface area contributed by atoms with Crippen LogP contribution < -0.4 is 10.2 Å². The first-order valence-corrected chi connectivity index (χ1v) is 14.2. The van der Waals surface area contributed by atoms with Crippen molar-refractivity contribution in [1.29, 1.82) is 0 Å². The first-order valence-electron chi connectivity index (χ1n) is 14.2. The van der Waals surface area contributed by atoms with E-state index in [1.807, 2.05) is 0 Å². The standard InChI is InChI=1S/C32H42N4O/c1-22(31-34-29-11-7-6-10-28(29)32(35-31)36(2)3)12-13-23-14-16-24(17-15-23)21-33-30(37)20-25-18-26-8-4-5-9-27(26)19-25/h4-11,22-25H,12-21H2,1-3H3,(H,33,37). The van der Waals surface area contributed by atoms with Gasteiger partial charge >= 0.3 is 0 Å². The molecule has 2 aliphatic carbocycles. The molecule has 5 rings (SSSR count). The van der Waals surface area contributed by atoms with Crippen LogP contribution in [0, 0.1) is 17.8 Å². The second kappa shape index (κ2) is 11.6. The van der Waals surface area contributed by atoms with Gasteiger partial charge in [-0.1, -0.05) is 56.2 Å². The summed E-state index contributed by atoms with van der Waals surface area (Å²) >= 11 is 0. The molecule has 0 spiro atoms. The summed E-state index contributed by atoms with van der Waals surface area (Å²) < 4.78 is 0. The molecule has 0 saturated heterocycles. The zero-order valence-corrected chi connectivity index (χ0v) is 22.7. The quantitative estimate of drug-likeness (QED) is 0.376. The van der Waals surface area contributed by atoms with Gasteiger partial charge in [0.1, 0.15) is 11.6 Å². The number of carbonyl (C=O) groups excluding carboxylic acids is 1. The maximum Gasteiger partial charge on any atom is 0.220 e. The lowest BCUT2D eigenvalue weighted by atomic mass is 9.79. The molecule has 2 aromatic carbocycles. The number of carbonyl (C=O) groups is 1. The number of hydrogen-bond acceptors (Lipinski definition) is 4. The number of amides is 1. The third-order valence-electron chi connectivity index (χ3n) is 8.64. The fraction of sp³-hybridized carbons (Fsp3) is 0.531. The molecule has 0 aliphatic heterocycles. The van der Waals surface area contributed by atoms with Crippen molar-refractivity contribution in [2.45, 2.75) is 70.6 Å². The lowest BCUT2D eigenvalue weighted by molar-refractivity contribution is -0.122. The minimum absolute atomic E-state index is 0.237. The van der Waals surface area contributed by atoms with Crippen LogP contribution in [0.1, 0.15) is 74.7 Å². The molecule has 37 heavy (non-hydrogen) atoms. The number of aromatic nitrogens is 2. The van der Waals surface area contributed by atoms with E-state index < -0.39 is 0 Å². The number of anilines is 1. The summed E-state index contributed by atoms with van der Waals surface area (Å²) in [6.45, 7) is 3.12. The molecule has 3 aromatic rings. The van der Waals surface area contributed by atoms with Crippen molar-refractivity contribution in [3.8, 4) is 0 Å². The van der Waals surface area contributed by atoms with Gasteiger partial charge in [0.2, 0.25) is 5.91 Å². The molecule has 2 aliphatic rings. The van der Waals surface area contributed by atoms with E-state index in [9.17, 15) is 4.79 Å². The van der Waals surface area contributed by atoms with E-state index in [1.165, 1.54) is 43.2 Å². The molecule has 1 aromatic heterocycles. The summed E-state index contributed by atoms with van der Waals surface area (Å²) in [6, 6.07) is 16.9. The van der Waals surface area contributed by atoms with Crippen molar-refractivity contribution >= 4 is 22.6 Å².